The van der Waals surface area contributed by atoms with E-state index in [1.54, 1.807) is 7.11 Å². The number of benzene rings is 2. The first-order valence-corrected chi connectivity index (χ1v) is 11.2. The van der Waals surface area contributed by atoms with E-state index in [-0.39, 0.29) is 11.7 Å². The zero-order valence-electron chi connectivity index (χ0n) is 19.4. The van der Waals surface area contributed by atoms with Crippen molar-refractivity contribution in [3.63, 3.8) is 0 Å². The predicted molar refractivity (Wildman–Crippen MR) is 125 cm³/mol. The summed E-state index contributed by atoms with van der Waals surface area (Å²) in [7, 11) is 3.00. The van der Waals surface area contributed by atoms with Crippen molar-refractivity contribution in [2.75, 3.05) is 20.8 Å². The fraction of sp³-hybridized carbons (Fsp3) is 0.333. The van der Waals surface area contributed by atoms with Crippen molar-refractivity contribution in [1.29, 1.82) is 0 Å². The molecule has 4 rings (SSSR count). The number of carbonyl (C=O) groups is 2. The van der Waals surface area contributed by atoms with Gasteiger partial charge in [-0.1, -0.05) is 24.3 Å². The molecular formula is C27H29NO5. The minimum absolute atomic E-state index is 0.0392. The van der Waals surface area contributed by atoms with Crippen LogP contribution in [0.2, 0.25) is 0 Å². The molecule has 0 aromatic heterocycles. The van der Waals surface area contributed by atoms with Crippen LogP contribution in [-0.4, -0.2) is 32.6 Å². The van der Waals surface area contributed by atoms with Crippen LogP contribution < -0.4 is 14.8 Å². The fourth-order valence-electron chi connectivity index (χ4n) is 4.79. The highest BCUT2D eigenvalue weighted by molar-refractivity contribution is 6.04. The number of ether oxygens (including phenoxy) is 3. The van der Waals surface area contributed by atoms with Gasteiger partial charge in [-0.15, -0.1) is 0 Å². The molecule has 0 saturated heterocycles. The van der Waals surface area contributed by atoms with Crippen molar-refractivity contribution < 1.29 is 23.8 Å². The van der Waals surface area contributed by atoms with Crippen LogP contribution in [0.15, 0.2) is 71.1 Å². The maximum Gasteiger partial charge on any atom is 0.336 e. The highest BCUT2D eigenvalue weighted by Gasteiger charge is 2.41. The lowest BCUT2D eigenvalue weighted by atomic mass is 9.71. The van der Waals surface area contributed by atoms with Crippen molar-refractivity contribution in [2.24, 2.45) is 0 Å². The molecule has 33 heavy (non-hydrogen) atoms. The molecule has 1 heterocycles. The molecule has 0 spiro atoms. The summed E-state index contributed by atoms with van der Waals surface area (Å²) >= 11 is 0. The number of carbonyl (C=O) groups excluding carboxylic acids is 2. The highest BCUT2D eigenvalue weighted by atomic mass is 16.5. The lowest BCUT2D eigenvalue weighted by Gasteiger charge is -2.36. The molecule has 0 saturated carbocycles. The van der Waals surface area contributed by atoms with Crippen LogP contribution in [0.4, 0.5) is 0 Å². The summed E-state index contributed by atoms with van der Waals surface area (Å²) in [5, 5.41) is 3.36. The molecule has 6 nitrogen and oxygen atoms in total. The Bertz CT molecular complexity index is 1110. The lowest BCUT2D eigenvalue weighted by molar-refractivity contribution is -0.136. The monoisotopic (exact) mass is 447 g/mol. The third-order valence-corrected chi connectivity index (χ3v) is 6.34. The fourth-order valence-corrected chi connectivity index (χ4v) is 4.79. The minimum Gasteiger partial charge on any atom is -0.497 e. The third-order valence-electron chi connectivity index (χ3n) is 6.34. The molecule has 2 aromatic rings. The molecule has 2 aliphatic rings. The van der Waals surface area contributed by atoms with E-state index < -0.39 is 11.9 Å². The van der Waals surface area contributed by atoms with Gasteiger partial charge in [0.1, 0.15) is 11.5 Å². The molecule has 2 atom stereocenters. The van der Waals surface area contributed by atoms with Crippen molar-refractivity contribution in [3.05, 3.63) is 82.2 Å². The Hall–Kier alpha value is -3.54. The Labute approximate surface area is 194 Å². The smallest absolute Gasteiger partial charge is 0.336 e. The third kappa shape index (κ3) is 4.38. The van der Waals surface area contributed by atoms with Crippen LogP contribution in [0.5, 0.6) is 11.5 Å². The molecule has 1 aliphatic carbocycles. The van der Waals surface area contributed by atoms with Crippen LogP contribution in [0.1, 0.15) is 49.7 Å². The first kappa shape index (κ1) is 22.6. The quantitative estimate of drug-likeness (QED) is 0.651. The highest BCUT2D eigenvalue weighted by Crippen LogP contribution is 2.46. The van der Waals surface area contributed by atoms with Crippen LogP contribution in [0.25, 0.3) is 0 Å². The van der Waals surface area contributed by atoms with Gasteiger partial charge in [0.15, 0.2) is 5.78 Å². The van der Waals surface area contributed by atoms with E-state index in [9.17, 15) is 9.59 Å². The summed E-state index contributed by atoms with van der Waals surface area (Å²) in [6.45, 7) is 4.36. The van der Waals surface area contributed by atoms with Gasteiger partial charge in [-0.3, -0.25) is 4.79 Å². The van der Waals surface area contributed by atoms with Crippen LogP contribution >= 0.6 is 0 Å². The summed E-state index contributed by atoms with van der Waals surface area (Å²) < 4.78 is 15.9. The number of hydrogen-bond donors (Lipinski definition) is 1. The van der Waals surface area contributed by atoms with Gasteiger partial charge < -0.3 is 19.5 Å². The molecular weight excluding hydrogens is 418 g/mol. The van der Waals surface area contributed by atoms with E-state index in [0.717, 1.165) is 28.3 Å². The van der Waals surface area contributed by atoms with Crippen molar-refractivity contribution >= 4 is 11.8 Å². The first-order chi connectivity index (χ1) is 16.0. The number of dihydropyridines is 1. The van der Waals surface area contributed by atoms with E-state index in [1.807, 2.05) is 62.4 Å². The molecule has 0 amide bonds. The summed E-state index contributed by atoms with van der Waals surface area (Å²) in [5.74, 6) is 0.720. The number of Topliss-reactive ketones (excluding diaryl/α,β-unsaturated/α-hetero) is 1. The van der Waals surface area contributed by atoms with E-state index >= 15 is 0 Å². The maximum atomic E-state index is 13.5. The largest absolute Gasteiger partial charge is 0.497 e. The molecule has 6 heteroatoms. The first-order valence-electron chi connectivity index (χ1n) is 11.2. The van der Waals surface area contributed by atoms with Crippen LogP contribution in [0, 0.1) is 0 Å². The van der Waals surface area contributed by atoms with E-state index in [4.69, 9.17) is 14.2 Å². The van der Waals surface area contributed by atoms with Gasteiger partial charge in [0.25, 0.3) is 0 Å². The Morgan fingerprint density at radius 3 is 2.21 bits per heavy atom. The second kappa shape index (κ2) is 9.53. The second-order valence-corrected chi connectivity index (χ2v) is 8.28. The molecule has 172 valence electrons. The zero-order chi connectivity index (χ0) is 23.5. The zero-order valence-corrected chi connectivity index (χ0v) is 19.4. The van der Waals surface area contributed by atoms with Gasteiger partial charge in [0.05, 0.1) is 26.4 Å². The van der Waals surface area contributed by atoms with Crippen LogP contribution in [-0.2, 0) is 14.3 Å². The Morgan fingerprint density at radius 1 is 0.970 bits per heavy atom. The summed E-state index contributed by atoms with van der Waals surface area (Å²) in [4.78, 5) is 26.3. The number of methoxy groups -OCH3 is 2. The SMILES string of the molecule is CCOc1ccc([C@@H]2C(C(=O)OC)=C(C)NC3=C2C(=O)C[C@H](c2ccc(OC)cc2)C3)cc1. The Kier molecular flexibility index (Phi) is 6.54. The van der Waals surface area contributed by atoms with Gasteiger partial charge in [0.2, 0.25) is 0 Å². The molecule has 0 unspecified atom stereocenters. The van der Waals surface area contributed by atoms with E-state index in [0.29, 0.717) is 36.3 Å². The number of rotatable bonds is 6. The predicted octanol–water partition coefficient (Wildman–Crippen LogP) is 4.63. The lowest BCUT2D eigenvalue weighted by Crippen LogP contribution is -2.36. The van der Waals surface area contributed by atoms with E-state index in [2.05, 4.69) is 5.32 Å². The van der Waals surface area contributed by atoms with Crippen molar-refractivity contribution in [1.82, 2.24) is 5.32 Å². The normalized spacial score (nSPS) is 20.2. The van der Waals surface area contributed by atoms with E-state index in [1.165, 1.54) is 7.11 Å². The van der Waals surface area contributed by atoms with Gasteiger partial charge in [0, 0.05) is 29.3 Å². The van der Waals surface area contributed by atoms with Gasteiger partial charge >= 0.3 is 5.97 Å². The molecule has 0 radical (unpaired) electrons. The average Bonchev–Trinajstić information content (AvgIpc) is 2.83. The molecule has 0 fully saturated rings. The van der Waals surface area contributed by atoms with Crippen molar-refractivity contribution in [3.8, 4) is 11.5 Å². The van der Waals surface area contributed by atoms with Crippen molar-refractivity contribution in [2.45, 2.75) is 38.5 Å². The number of esters is 1. The van der Waals surface area contributed by atoms with Gasteiger partial charge in [-0.2, -0.15) is 0 Å². The number of hydrogen-bond acceptors (Lipinski definition) is 6. The maximum absolute atomic E-state index is 13.5. The molecule has 0 bridgehead atoms. The average molecular weight is 448 g/mol. The standard InChI is InChI=1S/C27H29NO5/c1-5-33-21-12-8-18(9-13-21)25-24(27(30)32-4)16(2)28-22-14-19(15-23(29)26(22)25)17-6-10-20(31-3)11-7-17/h6-13,19,25,28H,5,14-15H2,1-4H3/t19-,25-/m1/s1. The van der Waals surface area contributed by atoms with Gasteiger partial charge in [-0.05, 0) is 61.6 Å². The minimum atomic E-state index is -0.478. The second-order valence-electron chi connectivity index (χ2n) is 8.28. The Morgan fingerprint density at radius 2 is 1.61 bits per heavy atom. The molecule has 1 aliphatic heterocycles. The number of ketones is 1. The summed E-state index contributed by atoms with van der Waals surface area (Å²) in [6, 6.07) is 15.4. The summed E-state index contributed by atoms with van der Waals surface area (Å²) in [5.41, 5.74) is 4.66. The number of allylic oxidation sites excluding steroid dienone is 3. The van der Waals surface area contributed by atoms with Crippen LogP contribution in [0.3, 0.4) is 0 Å². The topological polar surface area (TPSA) is 73.9 Å². The molecule has 1 N–H and O–H groups in total. The molecule has 2 aromatic carbocycles. The summed E-state index contributed by atoms with van der Waals surface area (Å²) in [6.07, 6.45) is 1.07. The Balaban J connectivity index is 1.74. The van der Waals surface area contributed by atoms with Gasteiger partial charge in [-0.25, -0.2) is 4.79 Å². The number of nitrogens with one attached hydrogen (secondary N) is 1.